The maximum absolute atomic E-state index is 12.6. The lowest BCUT2D eigenvalue weighted by Gasteiger charge is -2.23. The molecule has 0 aliphatic heterocycles. The molecule has 22 heavy (non-hydrogen) atoms. The van der Waals surface area contributed by atoms with Crippen LogP contribution in [0.15, 0.2) is 29.3 Å². The largest absolute Gasteiger partial charge is 0.416 e. The number of halogens is 4. The molecule has 0 unspecified atom stereocenters. The summed E-state index contributed by atoms with van der Waals surface area (Å²) in [5.41, 5.74) is 5.63. The quantitative estimate of drug-likeness (QED) is 0.435. The van der Waals surface area contributed by atoms with E-state index in [9.17, 15) is 13.2 Å². The first-order valence-electron chi connectivity index (χ1n) is 7.18. The molecule has 1 fully saturated rings. The Morgan fingerprint density at radius 1 is 1.23 bits per heavy atom. The minimum Gasteiger partial charge on any atom is -0.370 e. The summed E-state index contributed by atoms with van der Waals surface area (Å²) in [7, 11) is 0. The number of nitrogens with two attached hydrogens (primary N) is 1. The fraction of sp³-hybridized carbons (Fsp3) is 0.533. The van der Waals surface area contributed by atoms with Crippen LogP contribution in [0.25, 0.3) is 0 Å². The lowest BCUT2D eigenvalue weighted by Crippen LogP contribution is -2.41. The van der Waals surface area contributed by atoms with Gasteiger partial charge >= 0.3 is 6.18 Å². The summed E-state index contributed by atoms with van der Waals surface area (Å²) in [5, 5.41) is 3.14. The Balaban J connectivity index is 0.00000242. The molecule has 0 heterocycles. The van der Waals surface area contributed by atoms with Gasteiger partial charge in [0.25, 0.3) is 0 Å². The zero-order valence-corrected chi connectivity index (χ0v) is 14.5. The highest BCUT2D eigenvalue weighted by atomic mass is 127. The van der Waals surface area contributed by atoms with Crippen molar-refractivity contribution < 1.29 is 13.2 Å². The van der Waals surface area contributed by atoms with Gasteiger partial charge in [-0.15, -0.1) is 24.0 Å². The van der Waals surface area contributed by atoms with Crippen molar-refractivity contribution in [1.29, 1.82) is 0 Å². The minimum absolute atomic E-state index is 0. The van der Waals surface area contributed by atoms with E-state index in [1.807, 2.05) is 0 Å². The van der Waals surface area contributed by atoms with Crippen LogP contribution in [0.4, 0.5) is 13.2 Å². The van der Waals surface area contributed by atoms with Crippen LogP contribution in [0.5, 0.6) is 0 Å². The summed E-state index contributed by atoms with van der Waals surface area (Å²) in [5.74, 6) is 0.305. The predicted octanol–water partition coefficient (Wildman–Crippen LogP) is 4.06. The van der Waals surface area contributed by atoms with Gasteiger partial charge in [-0.3, -0.25) is 0 Å². The first kappa shape index (κ1) is 19.1. The summed E-state index contributed by atoms with van der Waals surface area (Å²) in [6, 6.07) is 5.50. The van der Waals surface area contributed by atoms with Crippen molar-refractivity contribution >= 4 is 29.9 Å². The first-order chi connectivity index (χ1) is 9.95. The molecule has 1 aliphatic rings. The number of hydrogen-bond donors (Lipinski definition) is 2. The van der Waals surface area contributed by atoms with Gasteiger partial charge in [0.1, 0.15) is 0 Å². The molecule has 1 saturated carbocycles. The van der Waals surface area contributed by atoms with Crippen molar-refractivity contribution in [2.75, 3.05) is 0 Å². The molecule has 1 aromatic rings. The smallest absolute Gasteiger partial charge is 0.370 e. The van der Waals surface area contributed by atoms with Crippen molar-refractivity contribution in [3.8, 4) is 0 Å². The van der Waals surface area contributed by atoms with Crippen LogP contribution in [-0.2, 0) is 12.7 Å². The second kappa shape index (κ2) is 8.59. The van der Waals surface area contributed by atoms with Gasteiger partial charge < -0.3 is 11.1 Å². The van der Waals surface area contributed by atoms with Gasteiger partial charge in [-0.25, -0.2) is 4.99 Å². The highest BCUT2D eigenvalue weighted by Crippen LogP contribution is 2.29. The molecule has 1 aliphatic carbocycles. The number of benzene rings is 1. The van der Waals surface area contributed by atoms with Crippen LogP contribution in [0, 0.1) is 0 Å². The van der Waals surface area contributed by atoms with Gasteiger partial charge in [0.05, 0.1) is 12.1 Å². The molecular formula is C15H21F3IN3. The van der Waals surface area contributed by atoms with Gasteiger partial charge in [-0.05, 0) is 30.5 Å². The minimum atomic E-state index is -4.33. The van der Waals surface area contributed by atoms with Crippen LogP contribution in [0.2, 0.25) is 0 Å². The molecule has 0 amide bonds. The Morgan fingerprint density at radius 2 is 1.91 bits per heavy atom. The average Bonchev–Trinajstić information content (AvgIpc) is 2.46. The SMILES string of the molecule is I.NC(=NCc1cccc(C(F)(F)F)c1)NC1CCCCC1. The molecule has 0 atom stereocenters. The van der Waals surface area contributed by atoms with E-state index in [1.165, 1.54) is 25.3 Å². The zero-order valence-electron chi connectivity index (χ0n) is 12.2. The fourth-order valence-corrected chi connectivity index (χ4v) is 2.52. The van der Waals surface area contributed by atoms with Crippen molar-refractivity contribution in [2.24, 2.45) is 10.7 Å². The lowest BCUT2D eigenvalue weighted by molar-refractivity contribution is -0.137. The summed E-state index contributed by atoms with van der Waals surface area (Å²) < 4.78 is 37.8. The number of rotatable bonds is 3. The van der Waals surface area contributed by atoms with Gasteiger partial charge in [-0.1, -0.05) is 31.4 Å². The summed E-state index contributed by atoms with van der Waals surface area (Å²) in [4.78, 5) is 4.13. The number of nitrogens with one attached hydrogen (secondary N) is 1. The lowest BCUT2D eigenvalue weighted by atomic mass is 9.96. The highest BCUT2D eigenvalue weighted by Gasteiger charge is 2.30. The first-order valence-corrected chi connectivity index (χ1v) is 7.18. The fourth-order valence-electron chi connectivity index (χ4n) is 2.52. The van der Waals surface area contributed by atoms with E-state index in [1.54, 1.807) is 6.07 Å². The van der Waals surface area contributed by atoms with Crippen LogP contribution in [-0.4, -0.2) is 12.0 Å². The van der Waals surface area contributed by atoms with E-state index in [0.29, 0.717) is 17.6 Å². The molecule has 0 bridgehead atoms. The Morgan fingerprint density at radius 3 is 2.55 bits per heavy atom. The topological polar surface area (TPSA) is 50.4 Å². The molecule has 7 heteroatoms. The number of aliphatic imine (C=N–C) groups is 1. The van der Waals surface area contributed by atoms with Crippen LogP contribution >= 0.6 is 24.0 Å². The van der Waals surface area contributed by atoms with Crippen LogP contribution < -0.4 is 11.1 Å². The number of hydrogen-bond acceptors (Lipinski definition) is 1. The third kappa shape index (κ3) is 6.02. The van der Waals surface area contributed by atoms with Gasteiger partial charge in [-0.2, -0.15) is 13.2 Å². The van der Waals surface area contributed by atoms with Crippen LogP contribution in [0.1, 0.15) is 43.2 Å². The Labute approximate surface area is 145 Å². The maximum Gasteiger partial charge on any atom is 0.416 e. The molecule has 3 N–H and O–H groups in total. The normalized spacial score (nSPS) is 17.0. The average molecular weight is 427 g/mol. The summed E-state index contributed by atoms with van der Waals surface area (Å²) >= 11 is 0. The third-order valence-corrected chi connectivity index (χ3v) is 3.64. The summed E-state index contributed by atoms with van der Waals surface area (Å²) in [6.45, 7) is 0.148. The van der Waals surface area contributed by atoms with Crippen LogP contribution in [0.3, 0.4) is 0 Å². The molecular weight excluding hydrogens is 406 g/mol. The van der Waals surface area contributed by atoms with E-state index in [2.05, 4.69) is 10.3 Å². The molecule has 2 rings (SSSR count). The van der Waals surface area contributed by atoms with E-state index in [0.717, 1.165) is 25.0 Å². The number of guanidine groups is 1. The summed E-state index contributed by atoms with van der Waals surface area (Å²) in [6.07, 6.45) is 1.42. The molecule has 0 radical (unpaired) electrons. The van der Waals surface area contributed by atoms with E-state index < -0.39 is 11.7 Å². The Bertz CT molecular complexity index is 497. The second-order valence-corrected chi connectivity index (χ2v) is 5.38. The molecule has 0 saturated heterocycles. The Hall–Kier alpha value is -0.990. The van der Waals surface area contributed by atoms with Crippen molar-refractivity contribution in [3.63, 3.8) is 0 Å². The third-order valence-electron chi connectivity index (χ3n) is 3.64. The van der Waals surface area contributed by atoms with Gasteiger partial charge in [0.2, 0.25) is 0 Å². The van der Waals surface area contributed by atoms with E-state index in [-0.39, 0.29) is 30.5 Å². The van der Waals surface area contributed by atoms with E-state index >= 15 is 0 Å². The second-order valence-electron chi connectivity index (χ2n) is 5.38. The monoisotopic (exact) mass is 427 g/mol. The zero-order chi connectivity index (χ0) is 15.3. The molecule has 0 aromatic heterocycles. The van der Waals surface area contributed by atoms with E-state index in [4.69, 9.17) is 5.73 Å². The van der Waals surface area contributed by atoms with Crippen molar-refractivity contribution in [1.82, 2.24) is 5.32 Å². The Kier molecular flexibility index (Phi) is 7.44. The number of alkyl halides is 3. The maximum atomic E-state index is 12.6. The van der Waals surface area contributed by atoms with Gasteiger partial charge in [0.15, 0.2) is 5.96 Å². The molecule has 1 aromatic carbocycles. The van der Waals surface area contributed by atoms with Gasteiger partial charge in [0, 0.05) is 6.04 Å². The van der Waals surface area contributed by atoms with Crippen molar-refractivity contribution in [3.05, 3.63) is 35.4 Å². The molecule has 124 valence electrons. The highest BCUT2D eigenvalue weighted by molar-refractivity contribution is 14.0. The molecule has 3 nitrogen and oxygen atoms in total. The predicted molar refractivity (Wildman–Crippen MR) is 92.2 cm³/mol. The standard InChI is InChI=1S/C15H20F3N3.HI/c16-15(17,18)12-6-4-5-11(9-12)10-20-14(19)21-13-7-2-1-3-8-13;/h4-6,9,13H,1-3,7-8,10H2,(H3,19,20,21);1H. The molecule has 0 spiro atoms. The van der Waals surface area contributed by atoms with Crippen molar-refractivity contribution in [2.45, 2.75) is 50.9 Å². The number of nitrogens with zero attached hydrogens (tertiary/aromatic N) is 1.